The topological polar surface area (TPSA) is 217 Å². The molecule has 4 aromatic carbocycles. The zero-order valence-electron chi connectivity index (χ0n) is 26.2. The van der Waals surface area contributed by atoms with Gasteiger partial charge in [-0.1, -0.05) is 48.5 Å². The van der Waals surface area contributed by atoms with Gasteiger partial charge < -0.3 is 0 Å². The number of hydrogen-bond acceptors (Lipinski definition) is 8. The van der Waals surface area contributed by atoms with E-state index in [1.54, 1.807) is 0 Å². The van der Waals surface area contributed by atoms with Crippen LogP contribution in [0.3, 0.4) is 0 Å². The predicted molar refractivity (Wildman–Crippen MR) is 165 cm³/mol. The Morgan fingerprint density at radius 1 is 0.300 bits per heavy atom. The SMILES string of the molecule is [O]=[Cr](=[O])([O-])[O-].[O]=[Cr](=[O])([O-])[O-].c1ccc2[nH+]cccc2c1.c1ccc2[nH+]cccc2c1.c1ccc2[nH+]cccc2c1.c1ccc2[nH+]cccc2c1. The van der Waals surface area contributed by atoms with Crippen LogP contribution < -0.4 is 36.6 Å². The van der Waals surface area contributed by atoms with Gasteiger partial charge in [0, 0.05) is 70.1 Å². The number of benzene rings is 4. The number of H-pyrrole nitrogens is 4. The summed E-state index contributed by atoms with van der Waals surface area (Å²) < 4.78 is 68.8. The Hall–Kier alpha value is -5.38. The number of rotatable bonds is 0. The largest absolute Gasteiger partial charge is 0.211 e. The van der Waals surface area contributed by atoms with E-state index in [0.29, 0.717) is 0 Å². The average Bonchev–Trinajstić information content (AvgIpc) is 3.11. The minimum atomic E-state index is -5.75. The summed E-state index contributed by atoms with van der Waals surface area (Å²) in [6.07, 6.45) is 7.73. The minimum Gasteiger partial charge on any atom is -0.211 e. The van der Waals surface area contributed by atoms with Crippen LogP contribution >= 0.6 is 0 Å². The Bertz CT molecular complexity index is 1860. The first-order valence-corrected chi connectivity index (χ1v) is 18.8. The molecule has 0 bridgehead atoms. The van der Waals surface area contributed by atoms with Crippen molar-refractivity contribution in [1.82, 2.24) is 0 Å². The van der Waals surface area contributed by atoms with Crippen LogP contribution in [0, 0.1) is 0 Å². The van der Waals surface area contributed by atoms with E-state index in [4.69, 9.17) is 31.8 Å². The summed E-state index contributed by atoms with van der Waals surface area (Å²) in [6, 6.07) is 49.2. The van der Waals surface area contributed by atoms with Gasteiger partial charge in [-0.25, -0.2) is 19.9 Å². The van der Waals surface area contributed by atoms with E-state index in [1.165, 1.54) is 43.6 Å². The van der Waals surface area contributed by atoms with Crippen molar-refractivity contribution >= 4 is 43.6 Å². The molecule has 0 spiro atoms. The fourth-order valence-electron chi connectivity index (χ4n) is 4.25. The molecule has 0 unspecified atom stereocenters. The summed E-state index contributed by atoms with van der Waals surface area (Å²) in [6.45, 7) is 0. The Morgan fingerprint density at radius 2 is 0.460 bits per heavy atom. The van der Waals surface area contributed by atoms with Gasteiger partial charge in [-0.05, 0) is 48.5 Å². The van der Waals surface area contributed by atoms with Crippen molar-refractivity contribution in [3.05, 3.63) is 170 Å². The van der Waals surface area contributed by atoms with Crippen LogP contribution in [-0.2, 0) is 42.4 Å². The van der Waals surface area contributed by atoms with Crippen molar-refractivity contribution in [2.45, 2.75) is 0 Å². The van der Waals surface area contributed by atoms with Crippen molar-refractivity contribution in [2.75, 3.05) is 0 Å². The molecule has 0 radical (unpaired) electrons. The summed E-state index contributed by atoms with van der Waals surface area (Å²) in [7, 11) is 0. The molecule has 12 nitrogen and oxygen atoms in total. The van der Waals surface area contributed by atoms with Crippen molar-refractivity contribution < 1.29 is 79.0 Å². The summed E-state index contributed by atoms with van der Waals surface area (Å²) >= 11 is -11.5. The molecule has 256 valence electrons. The molecule has 0 aliphatic heterocycles. The Morgan fingerprint density at radius 3 is 0.640 bits per heavy atom. The summed E-state index contributed by atoms with van der Waals surface area (Å²) in [4.78, 5) is 12.6. The van der Waals surface area contributed by atoms with Gasteiger partial charge in [-0.3, -0.25) is 0 Å². The molecule has 8 aromatic rings. The Labute approximate surface area is 291 Å². The van der Waals surface area contributed by atoms with Gasteiger partial charge in [-0.2, -0.15) is 0 Å². The van der Waals surface area contributed by atoms with E-state index in [9.17, 15) is 0 Å². The number of pyridine rings is 4. The molecular formula is C36H32Cr2N4O8. The number of aromatic amines is 4. The second-order valence-electron chi connectivity index (χ2n) is 9.85. The molecular weight excluding hydrogens is 720 g/mol. The molecule has 4 N–H and O–H groups in total. The molecule has 50 heavy (non-hydrogen) atoms. The fraction of sp³-hybridized carbons (Fsp3) is 0. The second kappa shape index (κ2) is 20.2. The Balaban J connectivity index is 0.000000166. The fourth-order valence-corrected chi connectivity index (χ4v) is 4.25. The molecule has 0 saturated carbocycles. The third kappa shape index (κ3) is 16.6. The number of fused-ring (bicyclic) bond motifs is 4. The molecule has 4 aromatic heterocycles. The molecule has 0 fully saturated rings. The van der Waals surface area contributed by atoms with Crippen molar-refractivity contribution in [1.29, 1.82) is 0 Å². The molecule has 8 rings (SSSR count). The van der Waals surface area contributed by atoms with Crippen LogP contribution in [-0.4, -0.2) is 0 Å². The van der Waals surface area contributed by atoms with Gasteiger partial charge in [0.2, 0.25) is 22.1 Å². The quantitative estimate of drug-likeness (QED) is 0.220. The summed E-state index contributed by atoms with van der Waals surface area (Å²) in [5, 5.41) is 5.02. The number of para-hydroxylation sites is 4. The van der Waals surface area contributed by atoms with Crippen LogP contribution in [0.15, 0.2) is 170 Å². The third-order valence-electron chi connectivity index (χ3n) is 6.29. The van der Waals surface area contributed by atoms with E-state index in [0.717, 1.165) is 0 Å². The number of aromatic nitrogens is 4. The maximum atomic E-state index is 8.59. The van der Waals surface area contributed by atoms with Crippen LogP contribution in [0.25, 0.3) is 43.6 Å². The molecule has 0 aliphatic rings. The first kappa shape index (κ1) is 39.1. The molecule has 0 amide bonds. The molecule has 0 saturated heterocycles. The third-order valence-corrected chi connectivity index (χ3v) is 6.29. The molecule has 0 aliphatic carbocycles. The smallest absolute Gasteiger partial charge is 0.210 e. The summed E-state index contributed by atoms with van der Waals surface area (Å²) in [5.74, 6) is 0. The molecule has 4 heterocycles. The van der Waals surface area contributed by atoms with E-state index in [-0.39, 0.29) is 0 Å². The first-order chi connectivity index (χ1) is 23.9. The van der Waals surface area contributed by atoms with Crippen LogP contribution in [0.2, 0.25) is 0 Å². The molecule has 14 heteroatoms. The van der Waals surface area contributed by atoms with E-state index in [1.807, 2.05) is 97.6 Å². The van der Waals surface area contributed by atoms with Gasteiger partial charge in [0.1, 0.15) is 0 Å². The average molecular weight is 753 g/mol. The predicted octanol–water partition coefficient (Wildman–Crippen LogP) is 1.38. The van der Waals surface area contributed by atoms with E-state index < -0.39 is 27.2 Å². The van der Waals surface area contributed by atoms with Crippen LogP contribution in [0.1, 0.15) is 0 Å². The number of hydrogen-bond donors (Lipinski definition) is 0. The van der Waals surface area contributed by atoms with Crippen molar-refractivity contribution in [3.63, 3.8) is 0 Å². The number of nitrogens with one attached hydrogen (secondary N) is 4. The second-order valence-corrected chi connectivity index (χ2v) is 12.4. The maximum Gasteiger partial charge on any atom is 0.210 e. The Kier molecular flexibility index (Phi) is 15.8. The standard InChI is InChI=1S/4C9H7N.2Cr.8O/c4*1-2-6-9-8(4-1)5-3-7-10-9;;;;;;;;;;/h4*1-7H;;;;;;;;;;/q;;;;;;;;;;4*-1/p+4. The van der Waals surface area contributed by atoms with Gasteiger partial charge in [0.25, 0.3) is 0 Å². The summed E-state index contributed by atoms with van der Waals surface area (Å²) in [5.41, 5.74) is 4.74. The van der Waals surface area contributed by atoms with Gasteiger partial charge in [0.15, 0.2) is 24.8 Å². The van der Waals surface area contributed by atoms with E-state index >= 15 is 0 Å². The van der Waals surface area contributed by atoms with Crippen molar-refractivity contribution in [2.24, 2.45) is 0 Å². The van der Waals surface area contributed by atoms with Crippen molar-refractivity contribution in [3.8, 4) is 0 Å². The van der Waals surface area contributed by atoms with E-state index in [2.05, 4.69) is 92.7 Å². The first-order valence-electron chi connectivity index (χ1n) is 14.6. The minimum absolute atomic E-state index is 1.19. The zero-order valence-corrected chi connectivity index (χ0v) is 28.8. The normalized spacial score (nSPS) is 10.3. The maximum absolute atomic E-state index is 8.59. The van der Waals surface area contributed by atoms with Gasteiger partial charge >= 0.3 is 59.1 Å². The zero-order chi connectivity index (χ0) is 36.2. The van der Waals surface area contributed by atoms with Crippen LogP contribution in [0.4, 0.5) is 0 Å². The van der Waals surface area contributed by atoms with Gasteiger partial charge in [-0.15, -0.1) is 0 Å². The molecule has 0 atom stereocenters. The van der Waals surface area contributed by atoms with Crippen LogP contribution in [0.5, 0.6) is 0 Å². The van der Waals surface area contributed by atoms with Gasteiger partial charge in [0.05, 0.1) is 0 Å². The monoisotopic (exact) mass is 752 g/mol.